The second-order valence-electron chi connectivity index (χ2n) is 5.74. The molecule has 120 valence electrons. The highest BCUT2D eigenvalue weighted by atomic mass is 16.5. The number of ether oxygens (including phenoxy) is 1. The topological polar surface area (TPSA) is 75.6 Å². The Labute approximate surface area is 134 Å². The highest BCUT2D eigenvalue weighted by Crippen LogP contribution is 2.20. The maximum atomic E-state index is 12.1. The van der Waals surface area contributed by atoms with Crippen molar-refractivity contribution in [3.8, 4) is 0 Å². The Morgan fingerprint density at radius 3 is 2.74 bits per heavy atom. The zero-order chi connectivity index (χ0) is 16.2. The first-order valence-electron chi connectivity index (χ1n) is 7.76. The minimum atomic E-state index is -1.04. The van der Waals surface area contributed by atoms with E-state index in [1.54, 1.807) is 0 Å². The van der Waals surface area contributed by atoms with Crippen LogP contribution in [0.25, 0.3) is 10.8 Å². The largest absolute Gasteiger partial charge is 0.480 e. The summed E-state index contributed by atoms with van der Waals surface area (Å²) in [7, 11) is 0. The van der Waals surface area contributed by atoms with Gasteiger partial charge in [-0.15, -0.1) is 0 Å². The third kappa shape index (κ3) is 3.51. The molecule has 2 aromatic carbocycles. The minimum Gasteiger partial charge on any atom is -0.480 e. The predicted octanol–water partition coefficient (Wildman–Crippen LogP) is 2.13. The number of carbonyl (C=O) groups is 2. The average molecular weight is 313 g/mol. The number of hydrogen-bond acceptors (Lipinski definition) is 3. The van der Waals surface area contributed by atoms with E-state index < -0.39 is 18.1 Å². The Bertz CT molecular complexity index is 717. The summed E-state index contributed by atoms with van der Waals surface area (Å²) in [6.45, 7) is 0.555. The van der Waals surface area contributed by atoms with E-state index in [9.17, 15) is 14.7 Å². The number of hydrogen-bond donors (Lipinski definition) is 2. The molecule has 23 heavy (non-hydrogen) atoms. The van der Waals surface area contributed by atoms with E-state index in [2.05, 4.69) is 5.32 Å². The van der Waals surface area contributed by atoms with Crippen molar-refractivity contribution in [3.05, 3.63) is 48.0 Å². The SMILES string of the molecule is O=C(N[C@H](Cc1cccc2ccccc12)C(=O)O)[C@@H]1CCCO1. The van der Waals surface area contributed by atoms with Crippen molar-refractivity contribution in [2.75, 3.05) is 6.61 Å². The van der Waals surface area contributed by atoms with Gasteiger partial charge in [-0.2, -0.15) is 0 Å². The molecule has 1 saturated heterocycles. The number of carbonyl (C=O) groups excluding carboxylic acids is 1. The summed E-state index contributed by atoms with van der Waals surface area (Å²) in [5, 5.41) is 14.1. The molecule has 5 heteroatoms. The van der Waals surface area contributed by atoms with Crippen LogP contribution < -0.4 is 5.32 Å². The molecule has 1 aliphatic heterocycles. The van der Waals surface area contributed by atoms with Gasteiger partial charge in [0, 0.05) is 13.0 Å². The van der Waals surface area contributed by atoms with E-state index in [4.69, 9.17) is 4.74 Å². The van der Waals surface area contributed by atoms with Crippen molar-refractivity contribution in [1.29, 1.82) is 0 Å². The van der Waals surface area contributed by atoms with Crippen LogP contribution in [0.3, 0.4) is 0 Å². The maximum Gasteiger partial charge on any atom is 0.326 e. The van der Waals surface area contributed by atoms with Gasteiger partial charge >= 0.3 is 5.97 Å². The van der Waals surface area contributed by atoms with Gasteiger partial charge in [0.1, 0.15) is 12.1 Å². The molecular formula is C18H19NO4. The molecule has 1 fully saturated rings. The third-order valence-electron chi connectivity index (χ3n) is 4.14. The zero-order valence-electron chi connectivity index (χ0n) is 12.7. The lowest BCUT2D eigenvalue weighted by atomic mass is 9.98. The number of nitrogens with one attached hydrogen (secondary N) is 1. The molecule has 2 aromatic rings. The standard InChI is InChI=1S/C18H19NO4/c20-17(16-9-4-10-23-16)19-15(18(21)22)11-13-7-3-6-12-5-1-2-8-14(12)13/h1-3,5-8,15-16H,4,9-11H2,(H,19,20)(H,21,22)/t15-,16+/m1/s1. The molecule has 0 radical (unpaired) electrons. The van der Waals surface area contributed by atoms with Crippen molar-refractivity contribution in [2.45, 2.75) is 31.4 Å². The van der Waals surface area contributed by atoms with E-state index in [0.717, 1.165) is 22.8 Å². The normalized spacial score (nSPS) is 18.7. The summed E-state index contributed by atoms with van der Waals surface area (Å²) in [6, 6.07) is 12.6. The van der Waals surface area contributed by atoms with E-state index >= 15 is 0 Å². The second-order valence-corrected chi connectivity index (χ2v) is 5.74. The van der Waals surface area contributed by atoms with E-state index in [-0.39, 0.29) is 12.3 Å². The number of carboxylic acids is 1. The average Bonchev–Trinajstić information content (AvgIpc) is 3.09. The molecule has 3 rings (SSSR count). The van der Waals surface area contributed by atoms with Crippen LogP contribution in [-0.4, -0.2) is 35.7 Å². The van der Waals surface area contributed by atoms with Gasteiger partial charge in [-0.25, -0.2) is 4.79 Å². The Kier molecular flexibility index (Phi) is 4.57. The molecule has 1 aliphatic rings. The van der Waals surface area contributed by atoms with Gasteiger partial charge in [0.2, 0.25) is 5.91 Å². The molecule has 0 bridgehead atoms. The lowest BCUT2D eigenvalue weighted by Gasteiger charge is -2.18. The van der Waals surface area contributed by atoms with Gasteiger partial charge in [-0.05, 0) is 29.2 Å². The van der Waals surface area contributed by atoms with Gasteiger partial charge in [-0.3, -0.25) is 4.79 Å². The van der Waals surface area contributed by atoms with Crippen molar-refractivity contribution in [2.24, 2.45) is 0 Å². The number of rotatable bonds is 5. The molecule has 2 atom stereocenters. The van der Waals surface area contributed by atoms with Crippen LogP contribution in [0, 0.1) is 0 Å². The Balaban J connectivity index is 1.78. The third-order valence-corrected chi connectivity index (χ3v) is 4.14. The van der Waals surface area contributed by atoms with Gasteiger partial charge in [0.25, 0.3) is 0 Å². The number of aliphatic carboxylic acids is 1. The first-order valence-corrected chi connectivity index (χ1v) is 7.76. The van der Waals surface area contributed by atoms with Crippen LogP contribution >= 0.6 is 0 Å². The van der Waals surface area contributed by atoms with Crippen LogP contribution in [0.1, 0.15) is 18.4 Å². The van der Waals surface area contributed by atoms with E-state index in [0.29, 0.717) is 13.0 Å². The van der Waals surface area contributed by atoms with Gasteiger partial charge in [0.05, 0.1) is 0 Å². The quantitative estimate of drug-likeness (QED) is 0.886. The van der Waals surface area contributed by atoms with Crippen LogP contribution in [0.4, 0.5) is 0 Å². The molecule has 0 unspecified atom stereocenters. The van der Waals surface area contributed by atoms with Crippen LogP contribution in [0.15, 0.2) is 42.5 Å². The number of amides is 1. The predicted molar refractivity (Wildman–Crippen MR) is 86.2 cm³/mol. The molecule has 0 aliphatic carbocycles. The highest BCUT2D eigenvalue weighted by Gasteiger charge is 2.28. The van der Waals surface area contributed by atoms with Gasteiger partial charge in [-0.1, -0.05) is 42.5 Å². The fraction of sp³-hybridized carbons (Fsp3) is 0.333. The molecule has 0 aromatic heterocycles. The summed E-state index contributed by atoms with van der Waals surface area (Å²) in [6.07, 6.45) is 1.20. The van der Waals surface area contributed by atoms with Crippen molar-refractivity contribution in [1.82, 2.24) is 5.32 Å². The summed E-state index contributed by atoms with van der Waals surface area (Å²) in [5.74, 6) is -1.38. The lowest BCUT2D eigenvalue weighted by molar-refractivity contribution is -0.143. The van der Waals surface area contributed by atoms with Crippen molar-refractivity contribution in [3.63, 3.8) is 0 Å². The molecule has 1 amide bonds. The van der Waals surface area contributed by atoms with Crippen molar-refractivity contribution >= 4 is 22.6 Å². The summed E-state index contributed by atoms with van der Waals surface area (Å²) < 4.78 is 5.31. The molecule has 0 saturated carbocycles. The lowest BCUT2D eigenvalue weighted by Crippen LogP contribution is -2.46. The Morgan fingerprint density at radius 1 is 1.22 bits per heavy atom. The van der Waals surface area contributed by atoms with E-state index in [1.165, 1.54) is 0 Å². The summed E-state index contributed by atoms with van der Waals surface area (Å²) >= 11 is 0. The number of fused-ring (bicyclic) bond motifs is 1. The van der Waals surface area contributed by atoms with E-state index in [1.807, 2.05) is 42.5 Å². The molecule has 2 N–H and O–H groups in total. The maximum absolute atomic E-state index is 12.1. The smallest absolute Gasteiger partial charge is 0.326 e. The molecular weight excluding hydrogens is 294 g/mol. The fourth-order valence-electron chi connectivity index (χ4n) is 2.94. The molecule has 1 heterocycles. The molecule has 5 nitrogen and oxygen atoms in total. The van der Waals surface area contributed by atoms with Crippen LogP contribution in [0.5, 0.6) is 0 Å². The van der Waals surface area contributed by atoms with Crippen LogP contribution in [-0.2, 0) is 20.7 Å². The second kappa shape index (κ2) is 6.79. The number of benzene rings is 2. The van der Waals surface area contributed by atoms with Crippen molar-refractivity contribution < 1.29 is 19.4 Å². The first kappa shape index (κ1) is 15.5. The summed E-state index contributed by atoms with van der Waals surface area (Å²) in [5.41, 5.74) is 0.906. The molecule has 0 spiro atoms. The Hall–Kier alpha value is -2.40. The van der Waals surface area contributed by atoms with Gasteiger partial charge < -0.3 is 15.2 Å². The minimum absolute atomic E-state index is 0.245. The fourth-order valence-corrected chi connectivity index (χ4v) is 2.94. The number of carboxylic acid groups (broad SMARTS) is 1. The van der Waals surface area contributed by atoms with Crippen LogP contribution in [0.2, 0.25) is 0 Å². The first-order chi connectivity index (χ1) is 11.1. The highest BCUT2D eigenvalue weighted by molar-refractivity contribution is 5.89. The zero-order valence-corrected chi connectivity index (χ0v) is 12.7. The monoisotopic (exact) mass is 313 g/mol. The van der Waals surface area contributed by atoms with Gasteiger partial charge in [0.15, 0.2) is 0 Å². The Morgan fingerprint density at radius 2 is 2.00 bits per heavy atom. The summed E-state index contributed by atoms with van der Waals surface area (Å²) in [4.78, 5) is 23.6.